The molecule has 1 rings (SSSR count). The Morgan fingerprint density at radius 3 is 2.84 bits per heavy atom. The zero-order chi connectivity index (χ0) is 14.1. The molecule has 0 aliphatic carbocycles. The fourth-order valence-electron chi connectivity index (χ4n) is 1.49. The predicted octanol–water partition coefficient (Wildman–Crippen LogP) is 1.66. The van der Waals surface area contributed by atoms with Crippen LogP contribution in [0.1, 0.15) is 13.3 Å². The van der Waals surface area contributed by atoms with Crippen LogP contribution in [0.2, 0.25) is 0 Å². The summed E-state index contributed by atoms with van der Waals surface area (Å²) in [7, 11) is 1.71. The number of ether oxygens (including phenoxy) is 1. The molecule has 1 aromatic rings. The maximum absolute atomic E-state index is 13.3. The minimum Gasteiger partial charge on any atom is -0.489 e. The largest absolute Gasteiger partial charge is 0.489 e. The monoisotopic (exact) mass is 268 g/mol. The predicted molar refractivity (Wildman–Crippen MR) is 72.7 cm³/mol. The summed E-state index contributed by atoms with van der Waals surface area (Å²) in [6, 6.07) is 6.23. The molecule has 0 saturated carbocycles. The van der Waals surface area contributed by atoms with Gasteiger partial charge in [-0.05, 0) is 25.1 Å². The second kappa shape index (κ2) is 8.48. The molecule has 0 bridgehead atoms. The lowest BCUT2D eigenvalue weighted by molar-refractivity contribution is -0.129. The zero-order valence-electron chi connectivity index (χ0n) is 11.5. The highest BCUT2D eigenvalue weighted by atomic mass is 19.1. The Kier molecular flexibility index (Phi) is 6.89. The van der Waals surface area contributed by atoms with Gasteiger partial charge in [-0.3, -0.25) is 4.79 Å². The Morgan fingerprint density at radius 2 is 2.16 bits per heavy atom. The Labute approximate surface area is 113 Å². The summed E-state index contributed by atoms with van der Waals surface area (Å²) in [5.74, 6) is -0.167. The van der Waals surface area contributed by atoms with Crippen molar-refractivity contribution in [2.45, 2.75) is 13.3 Å². The molecule has 0 radical (unpaired) electrons. The van der Waals surface area contributed by atoms with E-state index < -0.39 is 0 Å². The smallest absolute Gasteiger partial charge is 0.236 e. The van der Waals surface area contributed by atoms with Gasteiger partial charge < -0.3 is 15.0 Å². The van der Waals surface area contributed by atoms with Crippen molar-refractivity contribution in [3.63, 3.8) is 0 Å². The minimum absolute atomic E-state index is 0.00517. The van der Waals surface area contributed by atoms with Crippen LogP contribution in [0.4, 0.5) is 4.39 Å². The quantitative estimate of drug-likeness (QED) is 0.729. The van der Waals surface area contributed by atoms with Gasteiger partial charge in [0.2, 0.25) is 5.91 Å². The molecular formula is C14H21FN2O2. The van der Waals surface area contributed by atoms with Gasteiger partial charge in [0.1, 0.15) is 6.61 Å². The van der Waals surface area contributed by atoms with Crippen LogP contribution in [0, 0.1) is 5.82 Å². The van der Waals surface area contributed by atoms with Crippen LogP contribution >= 0.6 is 0 Å². The number of carbonyl (C=O) groups is 1. The molecule has 19 heavy (non-hydrogen) atoms. The van der Waals surface area contributed by atoms with E-state index in [0.29, 0.717) is 13.1 Å². The average Bonchev–Trinajstić information content (AvgIpc) is 2.41. The van der Waals surface area contributed by atoms with Gasteiger partial charge in [-0.15, -0.1) is 0 Å². The molecule has 0 aliphatic rings. The van der Waals surface area contributed by atoms with E-state index >= 15 is 0 Å². The molecule has 0 spiro atoms. The number of amides is 1. The number of hydrogen-bond donors (Lipinski definition) is 1. The number of nitrogens with zero attached hydrogens (tertiary/aromatic N) is 1. The highest BCUT2D eigenvalue weighted by Crippen LogP contribution is 2.14. The number of halogens is 1. The Bertz CT molecular complexity index is 399. The third kappa shape index (κ3) is 5.70. The fraction of sp³-hybridized carbons (Fsp3) is 0.500. The maximum Gasteiger partial charge on any atom is 0.236 e. The number of benzene rings is 1. The molecule has 1 amide bonds. The van der Waals surface area contributed by atoms with Crippen LogP contribution in [0.25, 0.3) is 0 Å². The molecule has 0 atom stereocenters. The van der Waals surface area contributed by atoms with E-state index in [4.69, 9.17) is 4.74 Å². The van der Waals surface area contributed by atoms with E-state index in [1.807, 2.05) is 6.92 Å². The van der Waals surface area contributed by atoms with Crippen LogP contribution in [0.5, 0.6) is 5.75 Å². The van der Waals surface area contributed by atoms with Gasteiger partial charge >= 0.3 is 0 Å². The summed E-state index contributed by atoms with van der Waals surface area (Å²) in [5, 5.41) is 3.04. The molecule has 0 saturated heterocycles. The first-order valence-electron chi connectivity index (χ1n) is 6.47. The highest BCUT2D eigenvalue weighted by Gasteiger charge is 2.08. The van der Waals surface area contributed by atoms with Crippen LogP contribution in [-0.4, -0.2) is 44.1 Å². The van der Waals surface area contributed by atoms with Crippen LogP contribution in [-0.2, 0) is 4.79 Å². The molecule has 0 aromatic heterocycles. The summed E-state index contributed by atoms with van der Waals surface area (Å²) in [6.45, 7) is 3.90. The molecule has 0 aliphatic heterocycles. The van der Waals surface area contributed by atoms with Crippen molar-refractivity contribution in [2.75, 3.05) is 33.3 Å². The number of likely N-dealkylation sites (N-methyl/N-ethyl adjacent to an activating group) is 1. The molecule has 4 nitrogen and oxygen atoms in total. The number of carbonyl (C=O) groups excluding carboxylic acids is 1. The fourth-order valence-corrected chi connectivity index (χ4v) is 1.49. The molecule has 1 N–H and O–H groups in total. The topological polar surface area (TPSA) is 41.6 Å². The van der Waals surface area contributed by atoms with Gasteiger partial charge in [0.05, 0.1) is 13.1 Å². The van der Waals surface area contributed by atoms with Crippen molar-refractivity contribution in [3.8, 4) is 5.75 Å². The Balaban J connectivity index is 2.25. The van der Waals surface area contributed by atoms with E-state index in [2.05, 4.69) is 5.32 Å². The number of hydrogen-bond acceptors (Lipinski definition) is 3. The first-order valence-corrected chi connectivity index (χ1v) is 6.47. The summed E-state index contributed by atoms with van der Waals surface area (Å²) in [4.78, 5) is 13.2. The third-order valence-corrected chi connectivity index (χ3v) is 2.65. The maximum atomic E-state index is 13.3. The van der Waals surface area contributed by atoms with Crippen LogP contribution < -0.4 is 10.1 Å². The standard InChI is InChI=1S/C14H21FN2O2/c1-3-8-16-11-14(18)17(2)9-10-19-13-7-5-4-6-12(13)15/h4-7,16H,3,8-11H2,1-2H3. The molecule has 0 heterocycles. The highest BCUT2D eigenvalue weighted by molar-refractivity contribution is 5.77. The van der Waals surface area contributed by atoms with Gasteiger partial charge in [0, 0.05) is 7.05 Å². The van der Waals surface area contributed by atoms with Crippen molar-refractivity contribution in [1.82, 2.24) is 10.2 Å². The first kappa shape index (κ1) is 15.4. The molecule has 1 aromatic carbocycles. The summed E-state index contributed by atoms with van der Waals surface area (Å²) < 4.78 is 18.6. The van der Waals surface area contributed by atoms with E-state index in [1.54, 1.807) is 30.1 Å². The second-order valence-corrected chi connectivity index (χ2v) is 4.27. The van der Waals surface area contributed by atoms with E-state index in [1.165, 1.54) is 6.07 Å². The number of nitrogens with one attached hydrogen (secondary N) is 1. The number of para-hydroxylation sites is 1. The minimum atomic E-state index is -0.388. The summed E-state index contributed by atoms with van der Waals surface area (Å²) in [6.07, 6.45) is 0.993. The van der Waals surface area contributed by atoms with E-state index in [-0.39, 0.29) is 24.1 Å². The van der Waals surface area contributed by atoms with Crippen LogP contribution in [0.15, 0.2) is 24.3 Å². The summed E-state index contributed by atoms with van der Waals surface area (Å²) in [5.41, 5.74) is 0. The van der Waals surface area contributed by atoms with Crippen LogP contribution in [0.3, 0.4) is 0 Å². The number of rotatable bonds is 8. The Morgan fingerprint density at radius 1 is 1.42 bits per heavy atom. The van der Waals surface area contributed by atoms with Crippen molar-refractivity contribution in [1.29, 1.82) is 0 Å². The van der Waals surface area contributed by atoms with Gasteiger partial charge in [0.25, 0.3) is 0 Å². The van der Waals surface area contributed by atoms with Crippen molar-refractivity contribution in [2.24, 2.45) is 0 Å². The van der Waals surface area contributed by atoms with E-state index in [0.717, 1.165) is 13.0 Å². The Hall–Kier alpha value is -1.62. The molecular weight excluding hydrogens is 247 g/mol. The molecule has 0 unspecified atom stereocenters. The lowest BCUT2D eigenvalue weighted by atomic mass is 10.3. The first-order chi connectivity index (χ1) is 9.15. The molecule has 0 fully saturated rings. The van der Waals surface area contributed by atoms with Gasteiger partial charge in [-0.25, -0.2) is 4.39 Å². The molecule has 5 heteroatoms. The molecule has 106 valence electrons. The van der Waals surface area contributed by atoms with E-state index in [9.17, 15) is 9.18 Å². The second-order valence-electron chi connectivity index (χ2n) is 4.27. The average molecular weight is 268 g/mol. The van der Waals surface area contributed by atoms with Crippen molar-refractivity contribution < 1.29 is 13.9 Å². The zero-order valence-corrected chi connectivity index (χ0v) is 11.5. The van der Waals surface area contributed by atoms with Gasteiger partial charge in [0.15, 0.2) is 11.6 Å². The van der Waals surface area contributed by atoms with Gasteiger partial charge in [-0.2, -0.15) is 0 Å². The third-order valence-electron chi connectivity index (χ3n) is 2.65. The summed E-state index contributed by atoms with van der Waals surface area (Å²) >= 11 is 0. The lowest BCUT2D eigenvalue weighted by Gasteiger charge is -2.17. The lowest BCUT2D eigenvalue weighted by Crippen LogP contribution is -2.37. The normalized spacial score (nSPS) is 10.3. The SMILES string of the molecule is CCCNCC(=O)N(C)CCOc1ccccc1F. The van der Waals surface area contributed by atoms with Crippen molar-refractivity contribution in [3.05, 3.63) is 30.1 Å². The van der Waals surface area contributed by atoms with Gasteiger partial charge in [-0.1, -0.05) is 19.1 Å². The van der Waals surface area contributed by atoms with Crippen molar-refractivity contribution >= 4 is 5.91 Å².